The molecule has 108 valence electrons. The number of aliphatic hydroxyl groups is 2. The maximum absolute atomic E-state index is 11.5. The van der Waals surface area contributed by atoms with E-state index in [9.17, 15) is 19.2 Å². The van der Waals surface area contributed by atoms with Gasteiger partial charge >= 0.3 is 5.97 Å². The van der Waals surface area contributed by atoms with E-state index in [1.54, 1.807) is 0 Å². The molecule has 0 bridgehead atoms. The highest BCUT2D eigenvalue weighted by atomic mass is 16.5. The van der Waals surface area contributed by atoms with Crippen LogP contribution in [0.2, 0.25) is 0 Å². The van der Waals surface area contributed by atoms with Gasteiger partial charge in [-0.2, -0.15) is 0 Å². The minimum atomic E-state index is -1.31. The number of esters is 1. The van der Waals surface area contributed by atoms with Crippen LogP contribution < -0.4 is 0 Å². The summed E-state index contributed by atoms with van der Waals surface area (Å²) in [5, 5.41) is 17.6. The van der Waals surface area contributed by atoms with E-state index in [4.69, 9.17) is 10.2 Å². The summed E-state index contributed by atoms with van der Waals surface area (Å²) in [6.07, 6.45) is -0.434. The molecular weight excluding hydrogens is 256 g/mol. The molecule has 0 saturated heterocycles. The molecule has 0 aliphatic carbocycles. The average molecular weight is 274 g/mol. The van der Waals surface area contributed by atoms with Crippen LogP contribution in [0.15, 0.2) is 0 Å². The van der Waals surface area contributed by atoms with Gasteiger partial charge in [-0.1, -0.05) is 0 Å². The Kier molecular flexibility index (Phi) is 7.78. The molecule has 0 rings (SSSR count). The van der Waals surface area contributed by atoms with E-state index in [2.05, 4.69) is 4.74 Å². The molecule has 0 aromatic rings. The summed E-state index contributed by atoms with van der Waals surface area (Å²) in [7, 11) is 1.08. The SMILES string of the molecule is COC(=O)C(CC(CC(C)=O)C(=O)CO)C(=O)CO. The molecule has 0 spiro atoms. The fourth-order valence-corrected chi connectivity index (χ4v) is 1.70. The molecular formula is C12H18O7. The van der Waals surface area contributed by atoms with E-state index in [1.807, 2.05) is 0 Å². The molecule has 0 heterocycles. The van der Waals surface area contributed by atoms with Gasteiger partial charge in [0, 0.05) is 12.3 Å². The van der Waals surface area contributed by atoms with Crippen molar-refractivity contribution in [3.05, 3.63) is 0 Å². The van der Waals surface area contributed by atoms with E-state index in [1.165, 1.54) is 6.92 Å². The summed E-state index contributed by atoms with van der Waals surface area (Å²) in [6.45, 7) is -0.377. The standard InChI is InChI=1S/C12H18O7/c1-7(15)3-8(10(16)5-13)4-9(11(17)6-14)12(18)19-2/h8-9,13-14H,3-6H2,1-2H3. The number of ether oxygens (including phenoxy) is 1. The lowest BCUT2D eigenvalue weighted by atomic mass is 9.86. The first-order chi connectivity index (χ1) is 8.87. The number of carbonyl (C=O) groups excluding carboxylic acids is 4. The summed E-state index contributed by atoms with van der Waals surface area (Å²) in [5.41, 5.74) is 0. The first-order valence-corrected chi connectivity index (χ1v) is 5.71. The zero-order chi connectivity index (χ0) is 15.0. The number of carbonyl (C=O) groups is 4. The molecule has 2 unspecified atom stereocenters. The maximum Gasteiger partial charge on any atom is 0.316 e. The second kappa shape index (κ2) is 8.49. The zero-order valence-electron chi connectivity index (χ0n) is 10.9. The van der Waals surface area contributed by atoms with Gasteiger partial charge in [0.2, 0.25) is 0 Å². The molecule has 0 aliphatic heterocycles. The van der Waals surface area contributed by atoms with Crippen LogP contribution in [-0.2, 0) is 23.9 Å². The summed E-state index contributed by atoms with van der Waals surface area (Å²) in [4.78, 5) is 45.4. The Morgan fingerprint density at radius 1 is 1.05 bits per heavy atom. The highest BCUT2D eigenvalue weighted by molar-refractivity contribution is 6.00. The largest absolute Gasteiger partial charge is 0.468 e. The van der Waals surface area contributed by atoms with Crippen molar-refractivity contribution in [3.63, 3.8) is 0 Å². The molecule has 0 amide bonds. The van der Waals surface area contributed by atoms with Crippen LogP contribution in [0.4, 0.5) is 0 Å². The van der Waals surface area contributed by atoms with Gasteiger partial charge in [0.1, 0.15) is 24.9 Å². The van der Waals surface area contributed by atoms with E-state index < -0.39 is 42.6 Å². The summed E-state index contributed by atoms with van der Waals surface area (Å²) in [6, 6.07) is 0. The summed E-state index contributed by atoms with van der Waals surface area (Å²) in [5.74, 6) is -4.84. The Labute approximate surface area is 110 Å². The van der Waals surface area contributed by atoms with Crippen molar-refractivity contribution in [2.45, 2.75) is 19.8 Å². The molecule has 2 N–H and O–H groups in total. The Hall–Kier alpha value is -1.60. The van der Waals surface area contributed by atoms with Crippen molar-refractivity contribution >= 4 is 23.3 Å². The number of Topliss-reactive ketones (excluding diaryl/α,β-unsaturated/α-hetero) is 3. The van der Waals surface area contributed by atoms with Crippen LogP contribution >= 0.6 is 0 Å². The lowest BCUT2D eigenvalue weighted by Crippen LogP contribution is -2.33. The van der Waals surface area contributed by atoms with Crippen molar-refractivity contribution < 1.29 is 34.1 Å². The van der Waals surface area contributed by atoms with Crippen molar-refractivity contribution in [1.82, 2.24) is 0 Å². The number of methoxy groups -OCH3 is 1. The zero-order valence-corrected chi connectivity index (χ0v) is 10.9. The molecule has 7 heteroatoms. The third-order valence-corrected chi connectivity index (χ3v) is 2.70. The van der Waals surface area contributed by atoms with Crippen LogP contribution in [-0.4, -0.2) is 53.9 Å². The molecule has 7 nitrogen and oxygen atoms in total. The van der Waals surface area contributed by atoms with Crippen molar-refractivity contribution in [2.24, 2.45) is 11.8 Å². The predicted octanol–water partition coefficient (Wildman–Crippen LogP) is -1.12. The maximum atomic E-state index is 11.5. The highest BCUT2D eigenvalue weighted by Gasteiger charge is 2.32. The van der Waals surface area contributed by atoms with Gasteiger partial charge in [-0.05, 0) is 13.3 Å². The highest BCUT2D eigenvalue weighted by Crippen LogP contribution is 2.20. The molecule has 0 aliphatic rings. The van der Waals surface area contributed by atoms with Crippen molar-refractivity contribution in [2.75, 3.05) is 20.3 Å². The fourth-order valence-electron chi connectivity index (χ4n) is 1.70. The number of hydrogen-bond donors (Lipinski definition) is 2. The van der Waals surface area contributed by atoms with Gasteiger partial charge in [0.15, 0.2) is 11.6 Å². The van der Waals surface area contributed by atoms with Crippen LogP contribution in [0.25, 0.3) is 0 Å². The molecule has 0 radical (unpaired) electrons. The first-order valence-electron chi connectivity index (χ1n) is 5.71. The van der Waals surface area contributed by atoms with Crippen LogP contribution in [0.3, 0.4) is 0 Å². The Morgan fingerprint density at radius 2 is 1.58 bits per heavy atom. The average Bonchev–Trinajstić information content (AvgIpc) is 2.40. The normalized spacial score (nSPS) is 13.5. The molecule has 0 aromatic carbocycles. The molecule has 0 aromatic heterocycles. The molecule has 19 heavy (non-hydrogen) atoms. The minimum absolute atomic E-state index is 0.175. The lowest BCUT2D eigenvalue weighted by molar-refractivity contribution is -0.151. The number of aliphatic hydroxyl groups excluding tert-OH is 2. The topological polar surface area (TPSA) is 118 Å². The van der Waals surface area contributed by atoms with Gasteiger partial charge in [-0.3, -0.25) is 14.4 Å². The second-order valence-electron chi connectivity index (χ2n) is 4.16. The van der Waals surface area contributed by atoms with Crippen molar-refractivity contribution in [3.8, 4) is 0 Å². The van der Waals surface area contributed by atoms with Gasteiger partial charge < -0.3 is 19.7 Å². The Bertz CT molecular complexity index is 345. The number of ketones is 3. The number of rotatable bonds is 9. The minimum Gasteiger partial charge on any atom is -0.468 e. The third-order valence-electron chi connectivity index (χ3n) is 2.70. The van der Waals surface area contributed by atoms with E-state index >= 15 is 0 Å². The van der Waals surface area contributed by atoms with E-state index in [-0.39, 0.29) is 18.6 Å². The van der Waals surface area contributed by atoms with E-state index in [0.29, 0.717) is 0 Å². The molecule has 0 saturated carbocycles. The van der Waals surface area contributed by atoms with Crippen molar-refractivity contribution in [1.29, 1.82) is 0 Å². The molecule has 2 atom stereocenters. The third kappa shape index (κ3) is 5.71. The molecule has 0 fully saturated rings. The predicted molar refractivity (Wildman–Crippen MR) is 63.1 cm³/mol. The van der Waals surface area contributed by atoms with Gasteiger partial charge in [-0.15, -0.1) is 0 Å². The van der Waals surface area contributed by atoms with Crippen LogP contribution in [0.5, 0.6) is 0 Å². The Balaban J connectivity index is 5.01. The quantitative estimate of drug-likeness (QED) is 0.404. The van der Waals surface area contributed by atoms with Crippen LogP contribution in [0.1, 0.15) is 19.8 Å². The monoisotopic (exact) mass is 274 g/mol. The Morgan fingerprint density at radius 3 is 1.95 bits per heavy atom. The van der Waals surface area contributed by atoms with Gasteiger partial charge in [0.25, 0.3) is 0 Å². The van der Waals surface area contributed by atoms with Gasteiger partial charge in [-0.25, -0.2) is 0 Å². The number of hydrogen-bond acceptors (Lipinski definition) is 7. The lowest BCUT2D eigenvalue weighted by Gasteiger charge is -2.18. The summed E-state index contributed by atoms with van der Waals surface area (Å²) >= 11 is 0. The van der Waals surface area contributed by atoms with E-state index in [0.717, 1.165) is 7.11 Å². The smallest absolute Gasteiger partial charge is 0.316 e. The van der Waals surface area contributed by atoms with Crippen LogP contribution in [0, 0.1) is 11.8 Å². The van der Waals surface area contributed by atoms with Gasteiger partial charge in [0.05, 0.1) is 7.11 Å². The second-order valence-corrected chi connectivity index (χ2v) is 4.16. The first kappa shape index (κ1) is 17.4. The summed E-state index contributed by atoms with van der Waals surface area (Å²) < 4.78 is 4.42. The fraction of sp³-hybridized carbons (Fsp3) is 0.667.